The molecule has 18 heavy (non-hydrogen) atoms. The molecule has 0 N–H and O–H groups in total. The summed E-state index contributed by atoms with van der Waals surface area (Å²) in [4.78, 5) is 16.7. The Hall–Kier alpha value is -1.77. The molecule has 0 aromatic heterocycles. The summed E-state index contributed by atoms with van der Waals surface area (Å²) in [6, 6.07) is 8.12. The van der Waals surface area contributed by atoms with Gasteiger partial charge in [-0.3, -0.25) is 4.79 Å². The predicted molar refractivity (Wildman–Crippen MR) is 73.3 cm³/mol. The van der Waals surface area contributed by atoms with Crippen LogP contribution in [0.15, 0.2) is 30.0 Å². The third kappa shape index (κ3) is 1.47. The first-order valence-corrected chi connectivity index (χ1v) is 6.59. The maximum Gasteiger partial charge on any atom is 0.260 e. The number of likely N-dealkylation sites (tertiary alicyclic amines) is 1. The Labute approximate surface area is 108 Å². The number of anilines is 1. The molecule has 2 aliphatic rings. The maximum absolute atomic E-state index is 12.6. The lowest BCUT2D eigenvalue weighted by atomic mass is 10.0. The summed E-state index contributed by atoms with van der Waals surface area (Å²) in [6.07, 6.45) is 2.17. The van der Waals surface area contributed by atoms with Crippen molar-refractivity contribution in [3.63, 3.8) is 0 Å². The number of carbonyl (C=O) groups excluding carboxylic acids is 1. The van der Waals surface area contributed by atoms with Gasteiger partial charge in [-0.05, 0) is 25.8 Å². The van der Waals surface area contributed by atoms with Crippen molar-refractivity contribution >= 4 is 17.2 Å². The van der Waals surface area contributed by atoms with E-state index >= 15 is 0 Å². The zero-order valence-corrected chi connectivity index (χ0v) is 10.9. The van der Waals surface area contributed by atoms with Crippen molar-refractivity contribution in [3.05, 3.63) is 35.5 Å². The fraction of sp³-hybridized carbons (Fsp3) is 0.400. The number of allylic oxidation sites excluding steroid dienone is 1. The zero-order chi connectivity index (χ0) is 12.7. The van der Waals surface area contributed by atoms with Gasteiger partial charge in [0.25, 0.3) is 5.91 Å². The van der Waals surface area contributed by atoms with Crippen molar-refractivity contribution in [1.29, 1.82) is 0 Å². The van der Waals surface area contributed by atoms with Gasteiger partial charge in [-0.1, -0.05) is 18.2 Å². The van der Waals surface area contributed by atoms with Crippen molar-refractivity contribution in [2.45, 2.75) is 19.8 Å². The topological polar surface area (TPSA) is 23.6 Å². The van der Waals surface area contributed by atoms with E-state index in [0.29, 0.717) is 0 Å². The van der Waals surface area contributed by atoms with E-state index in [9.17, 15) is 4.79 Å². The van der Waals surface area contributed by atoms with E-state index in [-0.39, 0.29) is 5.91 Å². The van der Waals surface area contributed by atoms with Gasteiger partial charge in [0, 0.05) is 31.4 Å². The van der Waals surface area contributed by atoms with Gasteiger partial charge < -0.3 is 9.80 Å². The molecule has 2 heterocycles. The van der Waals surface area contributed by atoms with E-state index in [1.54, 1.807) is 0 Å². The molecular weight excluding hydrogens is 224 g/mol. The van der Waals surface area contributed by atoms with Gasteiger partial charge >= 0.3 is 0 Å². The van der Waals surface area contributed by atoms with Crippen LogP contribution in [0, 0.1) is 0 Å². The highest BCUT2D eigenvalue weighted by molar-refractivity contribution is 6.33. The smallest absolute Gasteiger partial charge is 0.260 e. The first-order chi connectivity index (χ1) is 8.74. The number of fused-ring (bicyclic) bond motifs is 1. The molecule has 1 aromatic rings. The number of benzene rings is 1. The van der Waals surface area contributed by atoms with Gasteiger partial charge in [-0.2, -0.15) is 0 Å². The fourth-order valence-corrected chi connectivity index (χ4v) is 3.00. The molecule has 0 spiro atoms. The molecule has 0 aliphatic carbocycles. The Morgan fingerprint density at radius 1 is 1.28 bits per heavy atom. The van der Waals surface area contributed by atoms with Crippen LogP contribution in [0.1, 0.15) is 25.3 Å². The molecule has 1 aromatic carbocycles. The number of likely N-dealkylation sites (N-methyl/N-ethyl adjacent to an activating group) is 1. The van der Waals surface area contributed by atoms with Crippen LogP contribution in [-0.4, -0.2) is 30.9 Å². The van der Waals surface area contributed by atoms with Crippen molar-refractivity contribution in [1.82, 2.24) is 4.90 Å². The van der Waals surface area contributed by atoms with Gasteiger partial charge in [-0.25, -0.2) is 0 Å². The van der Waals surface area contributed by atoms with Crippen molar-refractivity contribution in [2.24, 2.45) is 0 Å². The normalized spacial score (nSPS) is 22.9. The number of hydrogen-bond donors (Lipinski definition) is 0. The molecule has 1 saturated heterocycles. The van der Waals surface area contributed by atoms with E-state index < -0.39 is 0 Å². The number of amides is 1. The molecule has 2 aliphatic heterocycles. The highest BCUT2D eigenvalue weighted by Crippen LogP contribution is 2.40. The van der Waals surface area contributed by atoms with E-state index in [4.69, 9.17) is 0 Å². The minimum absolute atomic E-state index is 0.169. The van der Waals surface area contributed by atoms with Crippen molar-refractivity contribution in [3.8, 4) is 0 Å². The monoisotopic (exact) mass is 242 g/mol. The summed E-state index contributed by atoms with van der Waals surface area (Å²) in [5, 5.41) is 0. The largest absolute Gasteiger partial charge is 0.377 e. The number of carbonyl (C=O) groups is 1. The van der Waals surface area contributed by atoms with E-state index in [2.05, 4.69) is 18.0 Å². The van der Waals surface area contributed by atoms with Crippen LogP contribution in [0.2, 0.25) is 0 Å². The number of hydrogen-bond acceptors (Lipinski definition) is 2. The molecule has 0 saturated carbocycles. The van der Waals surface area contributed by atoms with E-state index in [0.717, 1.165) is 42.8 Å². The lowest BCUT2D eigenvalue weighted by molar-refractivity contribution is -0.113. The van der Waals surface area contributed by atoms with Gasteiger partial charge in [0.05, 0.1) is 11.3 Å². The van der Waals surface area contributed by atoms with E-state index in [1.807, 2.05) is 30.0 Å². The molecule has 1 fully saturated rings. The fourth-order valence-electron chi connectivity index (χ4n) is 3.00. The Morgan fingerprint density at radius 3 is 2.72 bits per heavy atom. The Kier molecular flexibility index (Phi) is 2.62. The second-order valence-corrected chi connectivity index (χ2v) is 4.91. The third-order valence-corrected chi connectivity index (χ3v) is 3.90. The molecule has 0 unspecified atom stereocenters. The lowest BCUT2D eigenvalue weighted by Gasteiger charge is -2.16. The first-order valence-electron chi connectivity index (χ1n) is 6.59. The standard InChI is InChI=1S/C15H18N2O/c1-3-17-12-8-5-4-7-11(12)14(15(17)18)13-9-6-10-16(13)2/h4-5,7-8H,3,6,9-10H2,1-2H3/b14-13+. The van der Waals surface area contributed by atoms with Crippen LogP contribution in [0.25, 0.3) is 5.57 Å². The number of nitrogens with zero attached hydrogens (tertiary/aromatic N) is 2. The summed E-state index contributed by atoms with van der Waals surface area (Å²) in [7, 11) is 2.08. The Morgan fingerprint density at radius 2 is 2.06 bits per heavy atom. The van der Waals surface area contributed by atoms with Crippen LogP contribution in [0.4, 0.5) is 5.69 Å². The minimum atomic E-state index is 0.169. The molecule has 3 nitrogen and oxygen atoms in total. The molecule has 0 radical (unpaired) electrons. The van der Waals surface area contributed by atoms with Gasteiger partial charge in [0.1, 0.15) is 0 Å². The van der Waals surface area contributed by atoms with Crippen LogP contribution in [0.3, 0.4) is 0 Å². The minimum Gasteiger partial charge on any atom is -0.377 e. The average Bonchev–Trinajstić information content (AvgIpc) is 2.90. The SMILES string of the molecule is CCN1C(=O)/C(=C2\CCCN2C)c2ccccc21. The van der Waals surface area contributed by atoms with Crippen LogP contribution in [0.5, 0.6) is 0 Å². The average molecular weight is 242 g/mol. The summed E-state index contributed by atoms with van der Waals surface area (Å²) in [5.41, 5.74) is 4.30. The molecule has 3 rings (SSSR count). The molecule has 0 bridgehead atoms. The van der Waals surface area contributed by atoms with Gasteiger partial charge in [0.15, 0.2) is 0 Å². The predicted octanol–water partition coefficient (Wildman–Crippen LogP) is 2.49. The summed E-state index contributed by atoms with van der Waals surface area (Å²) < 4.78 is 0. The summed E-state index contributed by atoms with van der Waals surface area (Å²) in [5.74, 6) is 0.169. The number of rotatable bonds is 1. The summed E-state index contributed by atoms with van der Waals surface area (Å²) in [6.45, 7) is 3.82. The van der Waals surface area contributed by atoms with Crippen molar-refractivity contribution < 1.29 is 4.79 Å². The van der Waals surface area contributed by atoms with Gasteiger partial charge in [0.2, 0.25) is 0 Å². The Bertz CT molecular complexity index is 533. The highest BCUT2D eigenvalue weighted by Gasteiger charge is 2.35. The van der Waals surface area contributed by atoms with Crippen LogP contribution < -0.4 is 4.90 Å². The first kappa shape index (κ1) is 11.3. The number of para-hydroxylation sites is 1. The van der Waals surface area contributed by atoms with Gasteiger partial charge in [-0.15, -0.1) is 0 Å². The molecule has 0 atom stereocenters. The quantitative estimate of drug-likeness (QED) is 0.706. The third-order valence-electron chi connectivity index (χ3n) is 3.90. The maximum atomic E-state index is 12.6. The molecule has 1 amide bonds. The molecule has 94 valence electrons. The molecule has 3 heteroatoms. The lowest BCUT2D eigenvalue weighted by Crippen LogP contribution is -2.26. The van der Waals surface area contributed by atoms with E-state index in [1.165, 1.54) is 5.70 Å². The highest BCUT2D eigenvalue weighted by atomic mass is 16.2. The summed E-state index contributed by atoms with van der Waals surface area (Å²) >= 11 is 0. The van der Waals surface area contributed by atoms with Crippen LogP contribution in [-0.2, 0) is 4.79 Å². The zero-order valence-electron chi connectivity index (χ0n) is 10.9. The van der Waals surface area contributed by atoms with Crippen molar-refractivity contribution in [2.75, 3.05) is 25.0 Å². The van der Waals surface area contributed by atoms with Crippen LogP contribution >= 0.6 is 0 Å². The second kappa shape index (κ2) is 4.16. The molecular formula is C15H18N2O. The second-order valence-electron chi connectivity index (χ2n) is 4.91. The Balaban J connectivity index is 2.20.